The number of benzene rings is 2. The van der Waals surface area contributed by atoms with Gasteiger partial charge in [-0.05, 0) is 60.9 Å². The predicted octanol–water partition coefficient (Wildman–Crippen LogP) is 2.68. The molecule has 31 heavy (non-hydrogen) atoms. The minimum atomic E-state index is -0.854. The highest BCUT2D eigenvalue weighted by molar-refractivity contribution is 6.00. The summed E-state index contributed by atoms with van der Waals surface area (Å²) < 4.78 is 5.13. The molecule has 2 aromatic carbocycles. The molecule has 3 rings (SSSR count). The van der Waals surface area contributed by atoms with Crippen LogP contribution in [-0.2, 0) is 14.4 Å². The lowest BCUT2D eigenvalue weighted by molar-refractivity contribution is -0.141. The zero-order valence-corrected chi connectivity index (χ0v) is 18.0. The van der Waals surface area contributed by atoms with Gasteiger partial charge in [0.15, 0.2) is 0 Å². The summed E-state index contributed by atoms with van der Waals surface area (Å²) in [5.74, 6) is -0.224. The van der Waals surface area contributed by atoms with Crippen LogP contribution in [0.3, 0.4) is 0 Å². The molecular formula is C24H27N3O4. The van der Waals surface area contributed by atoms with E-state index in [2.05, 4.69) is 10.6 Å². The van der Waals surface area contributed by atoms with Crippen molar-refractivity contribution >= 4 is 29.5 Å². The summed E-state index contributed by atoms with van der Waals surface area (Å²) in [5, 5.41) is 5.57. The number of rotatable bonds is 6. The molecule has 0 bridgehead atoms. The lowest BCUT2D eigenvalue weighted by Gasteiger charge is -2.34. The molecule has 0 aromatic heterocycles. The zero-order chi connectivity index (χ0) is 22.4. The minimum absolute atomic E-state index is 0.110. The van der Waals surface area contributed by atoms with E-state index in [0.29, 0.717) is 18.8 Å². The highest BCUT2D eigenvalue weighted by Crippen LogP contribution is 2.17. The maximum absolute atomic E-state index is 12.8. The van der Waals surface area contributed by atoms with Gasteiger partial charge in [-0.15, -0.1) is 0 Å². The SMILES string of the molecule is COc1ccc(/C=C/C(=O)N2CCNC(=O)C2CC(=O)Nc2cc(C)cc(C)c2)cc1. The largest absolute Gasteiger partial charge is 0.497 e. The number of anilines is 1. The van der Waals surface area contributed by atoms with Crippen molar-refractivity contribution in [2.75, 3.05) is 25.5 Å². The smallest absolute Gasteiger partial charge is 0.247 e. The first-order chi connectivity index (χ1) is 14.9. The number of amides is 3. The Morgan fingerprint density at radius 3 is 2.48 bits per heavy atom. The number of hydrogen-bond acceptors (Lipinski definition) is 4. The summed E-state index contributed by atoms with van der Waals surface area (Å²) in [4.78, 5) is 39.3. The molecule has 1 atom stereocenters. The molecule has 0 saturated carbocycles. The van der Waals surface area contributed by atoms with Gasteiger partial charge >= 0.3 is 0 Å². The Bertz CT molecular complexity index is 978. The molecule has 1 heterocycles. The van der Waals surface area contributed by atoms with Gasteiger partial charge in [0, 0.05) is 24.9 Å². The van der Waals surface area contributed by atoms with Crippen molar-refractivity contribution in [3.05, 3.63) is 65.2 Å². The molecule has 0 radical (unpaired) electrons. The van der Waals surface area contributed by atoms with E-state index < -0.39 is 6.04 Å². The number of carbonyl (C=O) groups excluding carboxylic acids is 3. The second-order valence-corrected chi connectivity index (χ2v) is 7.57. The second-order valence-electron chi connectivity index (χ2n) is 7.57. The van der Waals surface area contributed by atoms with Crippen molar-refractivity contribution in [2.45, 2.75) is 26.3 Å². The minimum Gasteiger partial charge on any atom is -0.497 e. The number of piperazine rings is 1. The van der Waals surface area contributed by atoms with Gasteiger partial charge in [0.2, 0.25) is 17.7 Å². The molecule has 0 spiro atoms. The normalized spacial score (nSPS) is 16.2. The third-order valence-electron chi connectivity index (χ3n) is 5.03. The molecule has 1 unspecified atom stereocenters. The monoisotopic (exact) mass is 421 g/mol. The summed E-state index contributed by atoms with van der Waals surface area (Å²) in [6.45, 7) is 4.61. The average Bonchev–Trinajstić information content (AvgIpc) is 2.73. The first-order valence-electron chi connectivity index (χ1n) is 10.1. The van der Waals surface area contributed by atoms with Crippen LogP contribution in [0.5, 0.6) is 5.75 Å². The molecule has 162 valence electrons. The van der Waals surface area contributed by atoms with Crippen LogP contribution in [-0.4, -0.2) is 48.9 Å². The molecule has 0 aliphatic carbocycles. The maximum atomic E-state index is 12.8. The van der Waals surface area contributed by atoms with Crippen molar-refractivity contribution in [1.29, 1.82) is 0 Å². The molecule has 1 saturated heterocycles. The van der Waals surface area contributed by atoms with Gasteiger partial charge in [0.1, 0.15) is 11.8 Å². The van der Waals surface area contributed by atoms with Gasteiger partial charge < -0.3 is 20.3 Å². The van der Waals surface area contributed by atoms with Crippen molar-refractivity contribution in [3.63, 3.8) is 0 Å². The Hall–Kier alpha value is -3.61. The van der Waals surface area contributed by atoms with Crippen LogP contribution < -0.4 is 15.4 Å². The summed E-state index contributed by atoms with van der Waals surface area (Å²) in [7, 11) is 1.59. The van der Waals surface area contributed by atoms with E-state index in [0.717, 1.165) is 22.4 Å². The third-order valence-corrected chi connectivity index (χ3v) is 5.03. The number of nitrogens with one attached hydrogen (secondary N) is 2. The van der Waals surface area contributed by atoms with E-state index in [1.807, 2.05) is 44.2 Å². The van der Waals surface area contributed by atoms with Crippen LogP contribution in [0.1, 0.15) is 23.1 Å². The maximum Gasteiger partial charge on any atom is 0.247 e. The first-order valence-corrected chi connectivity index (χ1v) is 10.1. The molecule has 1 fully saturated rings. The molecule has 1 aliphatic rings. The van der Waals surface area contributed by atoms with E-state index in [1.54, 1.807) is 25.3 Å². The van der Waals surface area contributed by atoms with Gasteiger partial charge in [-0.1, -0.05) is 18.2 Å². The van der Waals surface area contributed by atoms with Crippen LogP contribution >= 0.6 is 0 Å². The number of carbonyl (C=O) groups is 3. The van der Waals surface area contributed by atoms with E-state index in [-0.39, 0.29) is 24.1 Å². The lowest BCUT2D eigenvalue weighted by Crippen LogP contribution is -2.57. The van der Waals surface area contributed by atoms with E-state index in [9.17, 15) is 14.4 Å². The standard InChI is InChI=1S/C24H27N3O4/c1-16-12-17(2)14-19(13-16)26-22(28)15-21-24(30)25-10-11-27(21)23(29)9-6-18-4-7-20(31-3)8-5-18/h4-9,12-14,21H,10-11,15H2,1-3H3,(H,25,30)(H,26,28)/b9-6+. The van der Waals surface area contributed by atoms with E-state index >= 15 is 0 Å². The predicted molar refractivity (Wildman–Crippen MR) is 120 cm³/mol. The summed E-state index contributed by atoms with van der Waals surface area (Å²) in [6, 6.07) is 12.2. The highest BCUT2D eigenvalue weighted by atomic mass is 16.5. The number of nitrogens with zero attached hydrogens (tertiary/aromatic N) is 1. The van der Waals surface area contributed by atoms with Crippen LogP contribution in [0.25, 0.3) is 6.08 Å². The number of hydrogen-bond donors (Lipinski definition) is 2. The van der Waals surface area contributed by atoms with Gasteiger partial charge in [-0.25, -0.2) is 0 Å². The Morgan fingerprint density at radius 1 is 1.16 bits per heavy atom. The topological polar surface area (TPSA) is 87.7 Å². The summed E-state index contributed by atoms with van der Waals surface area (Å²) >= 11 is 0. The van der Waals surface area contributed by atoms with Gasteiger partial charge in [-0.3, -0.25) is 14.4 Å². The van der Waals surface area contributed by atoms with E-state index in [4.69, 9.17) is 4.74 Å². The fourth-order valence-corrected chi connectivity index (χ4v) is 3.59. The summed E-state index contributed by atoms with van der Waals surface area (Å²) in [5.41, 5.74) is 3.58. The summed E-state index contributed by atoms with van der Waals surface area (Å²) in [6.07, 6.45) is 3.00. The first kappa shape index (κ1) is 22.1. The van der Waals surface area contributed by atoms with Gasteiger partial charge in [-0.2, -0.15) is 0 Å². The van der Waals surface area contributed by atoms with Crippen LogP contribution in [0.15, 0.2) is 48.5 Å². The molecule has 2 N–H and O–H groups in total. The quantitative estimate of drug-likeness (QED) is 0.702. The lowest BCUT2D eigenvalue weighted by atomic mass is 10.1. The third kappa shape index (κ3) is 5.94. The Balaban J connectivity index is 1.68. The molecule has 1 aliphatic heterocycles. The fraction of sp³-hybridized carbons (Fsp3) is 0.292. The van der Waals surface area contributed by atoms with Crippen molar-refractivity contribution in [3.8, 4) is 5.75 Å². The number of ether oxygens (including phenoxy) is 1. The average molecular weight is 421 g/mol. The molecule has 3 amide bonds. The molecular weight excluding hydrogens is 394 g/mol. The van der Waals surface area contributed by atoms with E-state index in [1.165, 1.54) is 11.0 Å². The number of aryl methyl sites for hydroxylation is 2. The second kappa shape index (κ2) is 9.93. The fourth-order valence-electron chi connectivity index (χ4n) is 3.59. The molecule has 7 nitrogen and oxygen atoms in total. The Morgan fingerprint density at radius 2 is 1.84 bits per heavy atom. The van der Waals surface area contributed by atoms with Crippen LogP contribution in [0.4, 0.5) is 5.69 Å². The van der Waals surface area contributed by atoms with Crippen molar-refractivity contribution < 1.29 is 19.1 Å². The van der Waals surface area contributed by atoms with Crippen LogP contribution in [0.2, 0.25) is 0 Å². The molecule has 2 aromatic rings. The van der Waals surface area contributed by atoms with Gasteiger partial charge in [0.05, 0.1) is 13.5 Å². The van der Waals surface area contributed by atoms with Crippen LogP contribution in [0, 0.1) is 13.8 Å². The van der Waals surface area contributed by atoms with Gasteiger partial charge in [0.25, 0.3) is 0 Å². The Labute approximate surface area is 182 Å². The van der Waals surface area contributed by atoms with Crippen molar-refractivity contribution in [2.24, 2.45) is 0 Å². The molecule has 7 heteroatoms. The number of methoxy groups -OCH3 is 1. The highest BCUT2D eigenvalue weighted by Gasteiger charge is 2.33. The van der Waals surface area contributed by atoms with Crippen molar-refractivity contribution in [1.82, 2.24) is 10.2 Å². The zero-order valence-electron chi connectivity index (χ0n) is 18.0. The Kier molecular flexibility index (Phi) is 7.07.